The number of nitrogens with zero attached hydrogens (tertiary/aromatic N) is 1. The summed E-state index contributed by atoms with van der Waals surface area (Å²) in [7, 11) is 0. The van der Waals surface area contributed by atoms with E-state index in [0.29, 0.717) is 17.9 Å². The fourth-order valence-corrected chi connectivity index (χ4v) is 2.46. The molecule has 0 aliphatic heterocycles. The first-order valence-corrected chi connectivity index (χ1v) is 8.06. The molecule has 1 heterocycles. The Morgan fingerprint density at radius 1 is 1.00 bits per heavy atom. The van der Waals surface area contributed by atoms with E-state index in [-0.39, 0.29) is 43.6 Å². The second-order valence-electron chi connectivity index (χ2n) is 5.97. The molecular weight excluding hydrogens is 535 g/mol. The summed E-state index contributed by atoms with van der Waals surface area (Å²) in [5, 5.41) is 18.6. The molecule has 3 aromatic rings. The van der Waals surface area contributed by atoms with Crippen LogP contribution in [0, 0.1) is 23.5 Å². The van der Waals surface area contributed by atoms with E-state index in [9.17, 15) is 13.2 Å². The van der Waals surface area contributed by atoms with Crippen LogP contribution in [0.3, 0.4) is 0 Å². The van der Waals surface area contributed by atoms with E-state index in [0.717, 1.165) is 5.39 Å². The quantitative estimate of drug-likeness (QED) is 0.376. The first-order valence-electron chi connectivity index (χ1n) is 8.06. The van der Waals surface area contributed by atoms with Gasteiger partial charge in [-0.05, 0) is 42.8 Å². The van der Waals surface area contributed by atoms with Crippen LogP contribution >= 0.6 is 0 Å². The maximum Gasteiger partial charge on any atom is 0.0756 e. The van der Waals surface area contributed by atoms with Crippen LogP contribution in [0.1, 0.15) is 20.3 Å². The molecule has 0 fully saturated rings. The summed E-state index contributed by atoms with van der Waals surface area (Å²) in [4.78, 5) is 4.05. The minimum absolute atomic E-state index is 0. The van der Waals surface area contributed by atoms with Gasteiger partial charge in [-0.15, -0.1) is 0 Å². The van der Waals surface area contributed by atoms with Gasteiger partial charge < -0.3 is 15.2 Å². The number of hydrogen-bond acceptors (Lipinski definition) is 3. The van der Waals surface area contributed by atoms with Gasteiger partial charge in [0.25, 0.3) is 0 Å². The second-order valence-corrected chi connectivity index (χ2v) is 5.97. The number of aliphatic hydroxyl groups excluding tert-OH is 2. The van der Waals surface area contributed by atoms with Gasteiger partial charge in [0.05, 0.1) is 23.8 Å². The van der Waals surface area contributed by atoms with Crippen molar-refractivity contribution in [2.45, 2.75) is 32.5 Å². The van der Waals surface area contributed by atoms with Crippen LogP contribution in [-0.4, -0.2) is 27.4 Å². The molecule has 3 nitrogen and oxygen atoms in total. The number of pyridine rings is 1. The summed E-state index contributed by atoms with van der Waals surface area (Å²) < 4.78 is 39.9. The van der Waals surface area contributed by atoms with Crippen molar-refractivity contribution >= 4 is 10.8 Å². The number of aromatic nitrogens is 1. The van der Waals surface area contributed by atoms with Crippen LogP contribution in [0.25, 0.3) is 22.0 Å². The summed E-state index contributed by atoms with van der Waals surface area (Å²) in [6, 6.07) is 11.5. The maximum atomic E-state index is 13.8. The Morgan fingerprint density at radius 2 is 1.63 bits per heavy atom. The van der Waals surface area contributed by atoms with Crippen LogP contribution < -0.4 is 0 Å². The first kappa shape index (κ1) is 23.2. The Balaban J connectivity index is 0.000000395. The molecule has 1 radical (unpaired) electrons. The molecule has 3 rings (SSSR count). The van der Waals surface area contributed by atoms with E-state index >= 15 is 0 Å². The minimum Gasteiger partial charge on any atom is -0.393 e. The topological polar surface area (TPSA) is 53.4 Å². The molecule has 2 N–H and O–H groups in total. The molecule has 0 saturated carbocycles. The molecule has 2 unspecified atom stereocenters. The van der Waals surface area contributed by atoms with Gasteiger partial charge in [0, 0.05) is 32.1 Å². The van der Waals surface area contributed by atoms with Crippen molar-refractivity contribution in [1.29, 1.82) is 0 Å². The first-order chi connectivity index (χ1) is 12.3. The van der Waals surface area contributed by atoms with E-state index in [1.807, 2.05) is 12.1 Å². The van der Waals surface area contributed by atoms with Crippen LogP contribution in [0.2, 0.25) is 0 Å². The zero-order chi connectivity index (χ0) is 19.3. The Bertz CT molecular complexity index is 877. The number of hydrogen-bond donors (Lipinski definition) is 2. The number of halogens is 3. The molecular formula is C20H19F3IrNO2-. The van der Waals surface area contributed by atoms with Gasteiger partial charge in [-0.1, -0.05) is 42.0 Å². The smallest absolute Gasteiger partial charge is 0.0756 e. The molecule has 0 aliphatic carbocycles. The third kappa shape index (κ3) is 6.40. The summed E-state index contributed by atoms with van der Waals surface area (Å²) in [5.41, 5.74) is 0.0743. The average Bonchev–Trinajstić information content (AvgIpc) is 2.57. The molecule has 0 amide bonds. The van der Waals surface area contributed by atoms with Crippen molar-refractivity contribution in [1.82, 2.24) is 4.98 Å². The SMILES string of the molecule is CC(O)CC(C)O.Fc1[c-]c(-c2nccc3ccccc23)c(F)cc1F.[Ir]. The molecule has 0 aliphatic rings. The van der Waals surface area contributed by atoms with E-state index in [1.165, 1.54) is 6.20 Å². The fraction of sp³-hybridized carbons (Fsp3) is 0.250. The molecule has 2 aromatic carbocycles. The van der Waals surface area contributed by atoms with E-state index in [1.54, 1.807) is 32.0 Å². The predicted molar refractivity (Wildman–Crippen MR) is 93.9 cm³/mol. The van der Waals surface area contributed by atoms with Crippen LogP contribution in [0.5, 0.6) is 0 Å². The Labute approximate surface area is 169 Å². The zero-order valence-corrected chi connectivity index (χ0v) is 17.1. The van der Waals surface area contributed by atoms with Gasteiger partial charge in [0.15, 0.2) is 0 Å². The fourth-order valence-electron chi connectivity index (χ4n) is 2.46. The van der Waals surface area contributed by atoms with Gasteiger partial charge in [-0.2, -0.15) is 0 Å². The normalized spacial score (nSPS) is 12.6. The maximum absolute atomic E-state index is 13.8. The summed E-state index contributed by atoms with van der Waals surface area (Å²) in [6.07, 6.45) is 1.21. The number of fused-ring (bicyclic) bond motifs is 1. The number of rotatable bonds is 3. The summed E-state index contributed by atoms with van der Waals surface area (Å²) in [5.74, 6) is -3.37. The summed E-state index contributed by atoms with van der Waals surface area (Å²) >= 11 is 0. The van der Waals surface area contributed by atoms with Crippen molar-refractivity contribution < 1.29 is 43.5 Å². The molecule has 0 bridgehead atoms. The number of benzene rings is 2. The standard InChI is InChI=1S/C15H7F3N.C5H12O2.Ir/c16-12-8-14(18)13(17)7-11(12)15-10-4-2-1-3-9(10)5-6-19-15;1-4(6)3-5(2)7;/h1-6,8H;4-7H,3H2,1-2H3;/q-1;;. The van der Waals surface area contributed by atoms with Gasteiger partial charge in [-0.3, -0.25) is 8.78 Å². The van der Waals surface area contributed by atoms with Gasteiger partial charge in [0.1, 0.15) is 0 Å². The van der Waals surface area contributed by atoms with Crippen molar-refractivity contribution in [2.24, 2.45) is 0 Å². The minimum atomic E-state index is -1.26. The third-order valence-corrected chi connectivity index (χ3v) is 3.53. The van der Waals surface area contributed by atoms with Crippen LogP contribution in [-0.2, 0) is 20.1 Å². The summed E-state index contributed by atoms with van der Waals surface area (Å²) in [6.45, 7) is 3.32. The average molecular weight is 555 g/mol. The largest absolute Gasteiger partial charge is 0.393 e. The molecule has 1 aromatic heterocycles. The van der Waals surface area contributed by atoms with E-state index < -0.39 is 17.5 Å². The third-order valence-electron chi connectivity index (χ3n) is 3.53. The van der Waals surface area contributed by atoms with Crippen LogP contribution in [0.4, 0.5) is 13.2 Å². The molecule has 0 spiro atoms. The number of aliphatic hydroxyl groups is 2. The van der Waals surface area contributed by atoms with Gasteiger partial charge in [-0.25, -0.2) is 4.39 Å². The zero-order valence-electron chi connectivity index (χ0n) is 14.7. The Morgan fingerprint density at radius 3 is 2.22 bits per heavy atom. The van der Waals surface area contributed by atoms with Crippen molar-refractivity contribution in [3.05, 3.63) is 66.1 Å². The predicted octanol–water partition coefficient (Wildman–Crippen LogP) is 4.25. The molecule has 27 heavy (non-hydrogen) atoms. The van der Waals surface area contributed by atoms with Gasteiger partial charge in [0.2, 0.25) is 0 Å². The van der Waals surface area contributed by atoms with E-state index in [4.69, 9.17) is 10.2 Å². The van der Waals surface area contributed by atoms with Crippen LogP contribution in [0.15, 0.2) is 42.6 Å². The monoisotopic (exact) mass is 555 g/mol. The molecule has 147 valence electrons. The van der Waals surface area contributed by atoms with Gasteiger partial charge >= 0.3 is 0 Å². The van der Waals surface area contributed by atoms with E-state index in [2.05, 4.69) is 11.1 Å². The second kappa shape index (κ2) is 10.5. The van der Waals surface area contributed by atoms with Crippen molar-refractivity contribution in [3.8, 4) is 11.3 Å². The molecule has 7 heteroatoms. The Hall–Kier alpha value is -1.79. The Kier molecular flexibility index (Phi) is 9.06. The molecule has 0 saturated heterocycles. The van der Waals surface area contributed by atoms with Crippen molar-refractivity contribution in [2.75, 3.05) is 0 Å². The van der Waals surface area contributed by atoms with Crippen molar-refractivity contribution in [3.63, 3.8) is 0 Å². The molecule has 2 atom stereocenters.